The number of alkyl carbamates (subject to hydrolysis) is 1. The molecule has 24 heavy (non-hydrogen) atoms. The van der Waals surface area contributed by atoms with Gasteiger partial charge in [-0.15, -0.1) is 0 Å². The van der Waals surface area contributed by atoms with Crippen LogP contribution in [-0.2, 0) is 17.1 Å². The van der Waals surface area contributed by atoms with Crippen molar-refractivity contribution in [2.75, 3.05) is 6.61 Å². The summed E-state index contributed by atoms with van der Waals surface area (Å²) in [6.45, 7) is 3.08. The number of carbonyl (C=O) groups excluding carboxylic acids is 1. The molecule has 0 radical (unpaired) electrons. The van der Waals surface area contributed by atoms with E-state index in [1.165, 1.54) is 0 Å². The molecule has 136 valence electrons. The minimum absolute atomic E-state index is 0.0732. The van der Waals surface area contributed by atoms with Crippen LogP contribution in [0.1, 0.15) is 49.4 Å². The van der Waals surface area contributed by atoms with Gasteiger partial charge in [0, 0.05) is 0 Å². The highest BCUT2D eigenvalue weighted by atomic mass is 19.4. The Labute approximate surface area is 135 Å². The number of amides is 1. The lowest BCUT2D eigenvalue weighted by molar-refractivity contribution is -0.162. The summed E-state index contributed by atoms with van der Waals surface area (Å²) in [5.74, 6) is 0. The van der Waals surface area contributed by atoms with Gasteiger partial charge in [-0.25, -0.2) is 4.79 Å². The molecule has 1 rings (SSSR count). The summed E-state index contributed by atoms with van der Waals surface area (Å²) >= 11 is 0. The molecule has 1 aromatic carbocycles. The first-order valence-electron chi connectivity index (χ1n) is 7.19. The fourth-order valence-electron chi connectivity index (χ4n) is 2.09. The van der Waals surface area contributed by atoms with E-state index in [-0.39, 0.29) is 6.61 Å². The summed E-state index contributed by atoms with van der Waals surface area (Å²) in [7, 11) is 0. The van der Waals surface area contributed by atoms with Crippen molar-refractivity contribution in [1.29, 1.82) is 0 Å². The van der Waals surface area contributed by atoms with Gasteiger partial charge in [0.05, 0.1) is 23.8 Å². The summed E-state index contributed by atoms with van der Waals surface area (Å²) in [4.78, 5) is 11.5. The van der Waals surface area contributed by atoms with E-state index in [1.807, 2.05) is 6.92 Å². The molecule has 1 unspecified atom stereocenters. The second-order valence-electron chi connectivity index (χ2n) is 5.12. The summed E-state index contributed by atoms with van der Waals surface area (Å²) in [5, 5.41) is 2.12. The van der Waals surface area contributed by atoms with Crippen LogP contribution < -0.4 is 5.32 Å². The average Bonchev–Trinajstić information content (AvgIpc) is 2.44. The van der Waals surface area contributed by atoms with E-state index in [2.05, 4.69) is 5.32 Å². The number of ether oxygens (including phenoxy) is 1. The smallest absolute Gasteiger partial charge is 0.417 e. The number of alkyl halides is 6. The van der Waals surface area contributed by atoms with E-state index in [4.69, 9.17) is 4.74 Å². The van der Waals surface area contributed by atoms with Crippen LogP contribution in [0.2, 0.25) is 0 Å². The lowest BCUT2D eigenvalue weighted by Crippen LogP contribution is -2.30. The molecule has 1 aromatic rings. The summed E-state index contributed by atoms with van der Waals surface area (Å²) in [6, 6.07) is 0.819. The van der Waals surface area contributed by atoms with E-state index in [1.54, 1.807) is 0 Å². The Balaban J connectivity index is 3.12. The minimum atomic E-state index is -5.22. The first kappa shape index (κ1) is 20.1. The molecular weight excluding hydrogens is 340 g/mol. The predicted molar refractivity (Wildman–Crippen MR) is 74.3 cm³/mol. The Hall–Kier alpha value is -1.93. The van der Waals surface area contributed by atoms with E-state index in [0.717, 1.165) is 25.5 Å². The van der Waals surface area contributed by atoms with Crippen molar-refractivity contribution >= 4 is 6.09 Å². The number of hydrogen-bond acceptors (Lipinski definition) is 2. The molecular formula is C15H17F6NO2. The van der Waals surface area contributed by atoms with Crippen molar-refractivity contribution in [1.82, 2.24) is 5.32 Å². The molecule has 0 saturated carbocycles. The fourth-order valence-corrected chi connectivity index (χ4v) is 2.09. The highest BCUT2D eigenvalue weighted by molar-refractivity contribution is 5.68. The van der Waals surface area contributed by atoms with Gasteiger partial charge in [-0.3, -0.25) is 0 Å². The lowest BCUT2D eigenvalue weighted by atomic mass is 9.95. The van der Waals surface area contributed by atoms with Gasteiger partial charge in [0.2, 0.25) is 0 Å². The van der Waals surface area contributed by atoms with Gasteiger partial charge in [-0.05, 0) is 25.0 Å². The third kappa shape index (κ3) is 5.31. The number of rotatable bonds is 5. The normalized spacial score (nSPS) is 13.5. The molecule has 0 aromatic heterocycles. The van der Waals surface area contributed by atoms with E-state index in [0.29, 0.717) is 12.5 Å². The third-order valence-corrected chi connectivity index (χ3v) is 3.22. The number of hydrogen-bond donors (Lipinski definition) is 1. The Morgan fingerprint density at radius 1 is 1.17 bits per heavy atom. The number of unbranched alkanes of at least 4 members (excludes halogenated alkanes) is 1. The van der Waals surface area contributed by atoms with Gasteiger partial charge in [-0.1, -0.05) is 25.5 Å². The van der Waals surface area contributed by atoms with E-state index in [9.17, 15) is 31.1 Å². The maximum atomic E-state index is 13.1. The molecule has 1 amide bonds. The van der Waals surface area contributed by atoms with Crippen LogP contribution in [0.25, 0.3) is 0 Å². The van der Waals surface area contributed by atoms with Gasteiger partial charge in [0.15, 0.2) is 0 Å². The second kappa shape index (κ2) is 7.76. The van der Waals surface area contributed by atoms with Gasteiger partial charge >= 0.3 is 18.4 Å². The highest BCUT2D eigenvalue weighted by Crippen LogP contribution is 2.43. The standard InChI is InChI=1S/C15H17F6NO2/c1-3-4-8-24-13(23)22-9(2)10-6-5-7-11(14(16,17)18)12(10)15(19,20)21/h5-7,9H,3-4,8H2,1-2H3,(H,22,23). The van der Waals surface area contributed by atoms with Crippen LogP contribution in [0, 0.1) is 0 Å². The monoisotopic (exact) mass is 357 g/mol. The number of nitrogens with one attached hydrogen (secondary N) is 1. The summed E-state index contributed by atoms with van der Waals surface area (Å²) in [6.07, 6.45) is -10.1. The van der Waals surface area contributed by atoms with Gasteiger partial charge in [0.25, 0.3) is 0 Å². The quantitative estimate of drug-likeness (QED) is 0.573. The van der Waals surface area contributed by atoms with Crippen LogP contribution in [0.5, 0.6) is 0 Å². The third-order valence-electron chi connectivity index (χ3n) is 3.22. The molecule has 1 atom stereocenters. The molecule has 0 saturated heterocycles. The minimum Gasteiger partial charge on any atom is -0.450 e. The second-order valence-corrected chi connectivity index (χ2v) is 5.12. The van der Waals surface area contributed by atoms with Gasteiger partial charge in [0.1, 0.15) is 0 Å². The molecule has 0 aliphatic rings. The number of carbonyl (C=O) groups is 1. The molecule has 9 heteroatoms. The zero-order chi connectivity index (χ0) is 18.5. The molecule has 0 fully saturated rings. The van der Waals surface area contributed by atoms with Crippen molar-refractivity contribution < 1.29 is 35.9 Å². The largest absolute Gasteiger partial charge is 0.450 e. The Bertz CT molecular complexity index is 568. The molecule has 1 N–H and O–H groups in total. The van der Waals surface area contributed by atoms with Crippen molar-refractivity contribution in [3.8, 4) is 0 Å². The lowest BCUT2D eigenvalue weighted by Gasteiger charge is -2.23. The molecule has 0 heterocycles. The van der Waals surface area contributed by atoms with Crippen LogP contribution >= 0.6 is 0 Å². The molecule has 0 aliphatic heterocycles. The van der Waals surface area contributed by atoms with Crippen molar-refractivity contribution in [3.05, 3.63) is 34.9 Å². The first-order chi connectivity index (χ1) is 11.0. The Morgan fingerprint density at radius 3 is 2.29 bits per heavy atom. The maximum Gasteiger partial charge on any atom is 0.417 e. The Morgan fingerprint density at radius 2 is 1.79 bits per heavy atom. The molecule has 0 spiro atoms. The summed E-state index contributed by atoms with van der Waals surface area (Å²) < 4.78 is 82.8. The van der Waals surface area contributed by atoms with Gasteiger partial charge < -0.3 is 10.1 Å². The average molecular weight is 357 g/mol. The maximum absolute atomic E-state index is 13.1. The van der Waals surface area contributed by atoms with Crippen LogP contribution in [-0.4, -0.2) is 12.7 Å². The predicted octanol–water partition coefficient (Wildman–Crippen LogP) is 5.31. The molecule has 3 nitrogen and oxygen atoms in total. The van der Waals surface area contributed by atoms with Crippen LogP contribution in [0.15, 0.2) is 18.2 Å². The molecule has 0 aliphatic carbocycles. The molecule has 0 bridgehead atoms. The van der Waals surface area contributed by atoms with E-state index < -0.39 is 41.2 Å². The van der Waals surface area contributed by atoms with Crippen molar-refractivity contribution in [2.24, 2.45) is 0 Å². The fraction of sp³-hybridized carbons (Fsp3) is 0.533. The highest BCUT2D eigenvalue weighted by Gasteiger charge is 2.45. The Kier molecular flexibility index (Phi) is 6.50. The zero-order valence-electron chi connectivity index (χ0n) is 13.0. The van der Waals surface area contributed by atoms with Crippen molar-refractivity contribution in [3.63, 3.8) is 0 Å². The summed E-state index contributed by atoms with van der Waals surface area (Å²) in [5.41, 5.74) is -4.27. The zero-order valence-corrected chi connectivity index (χ0v) is 13.0. The van der Waals surface area contributed by atoms with Gasteiger partial charge in [-0.2, -0.15) is 26.3 Å². The first-order valence-corrected chi connectivity index (χ1v) is 7.19. The SMILES string of the molecule is CCCCOC(=O)NC(C)c1cccc(C(F)(F)F)c1C(F)(F)F. The van der Waals surface area contributed by atoms with E-state index >= 15 is 0 Å². The van der Waals surface area contributed by atoms with Crippen molar-refractivity contribution in [2.45, 2.75) is 45.1 Å². The number of benzene rings is 1. The topological polar surface area (TPSA) is 38.3 Å². The van der Waals surface area contributed by atoms with Crippen LogP contribution in [0.4, 0.5) is 31.1 Å². The van der Waals surface area contributed by atoms with Crippen LogP contribution in [0.3, 0.4) is 0 Å². The number of halogens is 6.